The summed E-state index contributed by atoms with van der Waals surface area (Å²) in [5, 5.41) is 3.19. The second-order valence-corrected chi connectivity index (χ2v) is 4.77. The van der Waals surface area contributed by atoms with Gasteiger partial charge in [0.05, 0.1) is 12.1 Å². The van der Waals surface area contributed by atoms with E-state index in [0.29, 0.717) is 10.7 Å². The van der Waals surface area contributed by atoms with Crippen LogP contribution >= 0.6 is 27.5 Å². The van der Waals surface area contributed by atoms with Crippen LogP contribution in [-0.2, 0) is 9.59 Å². The molecule has 0 bridgehead atoms. The number of carbonyl (C=O) groups is 2. The van der Waals surface area contributed by atoms with Crippen LogP contribution in [-0.4, -0.2) is 11.7 Å². The van der Waals surface area contributed by atoms with E-state index in [-0.39, 0.29) is 18.1 Å². The number of ketones is 1. The molecule has 0 spiro atoms. The van der Waals surface area contributed by atoms with E-state index in [9.17, 15) is 9.59 Å². The van der Waals surface area contributed by atoms with Crippen molar-refractivity contribution in [2.75, 3.05) is 5.32 Å². The molecular formula is C11H11BrClNO2. The highest BCUT2D eigenvalue weighted by Gasteiger charge is 2.09. The Kier molecular flexibility index (Phi) is 4.50. The predicted octanol–water partition coefficient (Wildman–Crippen LogP) is 3.33. The highest BCUT2D eigenvalue weighted by molar-refractivity contribution is 9.10. The number of benzene rings is 1. The lowest BCUT2D eigenvalue weighted by Gasteiger charge is -2.08. The molecule has 0 atom stereocenters. The first-order chi connectivity index (χ1) is 7.40. The zero-order valence-electron chi connectivity index (χ0n) is 8.93. The first-order valence-electron chi connectivity index (χ1n) is 4.65. The Hall–Kier alpha value is -0.870. The third kappa shape index (κ3) is 3.61. The minimum atomic E-state index is -0.340. The van der Waals surface area contributed by atoms with Crippen molar-refractivity contribution >= 4 is 44.9 Å². The van der Waals surface area contributed by atoms with Crippen molar-refractivity contribution in [2.24, 2.45) is 0 Å². The third-order valence-corrected chi connectivity index (χ3v) is 3.00. The van der Waals surface area contributed by atoms with Crippen LogP contribution in [0.5, 0.6) is 0 Å². The van der Waals surface area contributed by atoms with Gasteiger partial charge in [-0.25, -0.2) is 0 Å². The average molecular weight is 305 g/mol. The Morgan fingerprint density at radius 2 is 2.06 bits per heavy atom. The minimum Gasteiger partial charge on any atom is -0.325 e. The number of rotatable bonds is 3. The molecule has 0 unspecified atom stereocenters. The number of aryl methyl sites for hydroxylation is 1. The van der Waals surface area contributed by atoms with Crippen molar-refractivity contribution in [2.45, 2.75) is 20.3 Å². The van der Waals surface area contributed by atoms with E-state index >= 15 is 0 Å². The second kappa shape index (κ2) is 5.46. The maximum atomic E-state index is 11.4. The smallest absolute Gasteiger partial charge is 0.231 e. The lowest BCUT2D eigenvalue weighted by molar-refractivity contribution is -0.124. The first-order valence-corrected chi connectivity index (χ1v) is 5.82. The van der Waals surface area contributed by atoms with Crippen LogP contribution in [0.2, 0.25) is 5.02 Å². The van der Waals surface area contributed by atoms with Gasteiger partial charge >= 0.3 is 0 Å². The van der Waals surface area contributed by atoms with Gasteiger partial charge < -0.3 is 5.32 Å². The normalized spacial score (nSPS) is 10.0. The Bertz CT molecular complexity index is 446. The molecule has 86 valence electrons. The zero-order valence-corrected chi connectivity index (χ0v) is 11.3. The highest BCUT2D eigenvalue weighted by atomic mass is 79.9. The molecule has 0 saturated carbocycles. The molecule has 1 aromatic rings. The molecule has 0 aliphatic carbocycles. The molecular weight excluding hydrogens is 293 g/mol. The molecule has 1 amide bonds. The standard InChI is InChI=1S/C11H11BrClNO2/c1-6-3-8(12)10(5-9(6)13)14-11(16)4-7(2)15/h3,5H,4H2,1-2H3,(H,14,16). The first kappa shape index (κ1) is 13.2. The van der Waals surface area contributed by atoms with Gasteiger partial charge in [-0.3, -0.25) is 9.59 Å². The van der Waals surface area contributed by atoms with Gasteiger partial charge in [-0.2, -0.15) is 0 Å². The summed E-state index contributed by atoms with van der Waals surface area (Å²) in [6, 6.07) is 3.46. The largest absolute Gasteiger partial charge is 0.325 e. The molecule has 0 aliphatic rings. The summed E-state index contributed by atoms with van der Waals surface area (Å²) < 4.78 is 0.742. The van der Waals surface area contributed by atoms with Crippen LogP contribution in [0.3, 0.4) is 0 Å². The summed E-state index contributed by atoms with van der Waals surface area (Å²) in [7, 11) is 0. The van der Waals surface area contributed by atoms with Crippen molar-refractivity contribution in [3.05, 3.63) is 27.2 Å². The Morgan fingerprint density at radius 3 is 2.62 bits per heavy atom. The quantitative estimate of drug-likeness (QED) is 0.871. The van der Waals surface area contributed by atoms with Crippen LogP contribution in [0.1, 0.15) is 18.9 Å². The maximum Gasteiger partial charge on any atom is 0.231 e. The van der Waals surface area contributed by atoms with Gasteiger partial charge in [-0.05, 0) is 47.5 Å². The summed E-state index contributed by atoms with van der Waals surface area (Å²) in [6.45, 7) is 3.24. The monoisotopic (exact) mass is 303 g/mol. The number of Topliss-reactive ketones (excluding diaryl/α,β-unsaturated/α-hetero) is 1. The van der Waals surface area contributed by atoms with Crippen LogP contribution in [0.4, 0.5) is 5.69 Å². The lowest BCUT2D eigenvalue weighted by Crippen LogP contribution is -2.15. The maximum absolute atomic E-state index is 11.4. The van der Waals surface area contributed by atoms with E-state index in [4.69, 9.17) is 11.6 Å². The molecule has 0 heterocycles. The van der Waals surface area contributed by atoms with E-state index in [0.717, 1.165) is 10.0 Å². The molecule has 0 radical (unpaired) electrons. The van der Waals surface area contributed by atoms with Crippen molar-refractivity contribution in [3.8, 4) is 0 Å². The molecule has 5 heteroatoms. The third-order valence-electron chi connectivity index (χ3n) is 1.93. The Morgan fingerprint density at radius 1 is 1.44 bits per heavy atom. The van der Waals surface area contributed by atoms with Gasteiger partial charge in [0.2, 0.25) is 5.91 Å². The number of hydrogen-bond donors (Lipinski definition) is 1. The van der Waals surface area contributed by atoms with Gasteiger partial charge in [0, 0.05) is 9.50 Å². The van der Waals surface area contributed by atoms with E-state index in [2.05, 4.69) is 21.2 Å². The molecule has 0 fully saturated rings. The number of nitrogens with one attached hydrogen (secondary N) is 1. The summed E-state index contributed by atoms with van der Waals surface area (Å²) in [5.74, 6) is -0.514. The predicted molar refractivity (Wildman–Crippen MR) is 67.8 cm³/mol. The van der Waals surface area contributed by atoms with Crippen molar-refractivity contribution < 1.29 is 9.59 Å². The summed E-state index contributed by atoms with van der Waals surface area (Å²) in [6.07, 6.45) is -0.127. The number of hydrogen-bond acceptors (Lipinski definition) is 2. The van der Waals surface area contributed by atoms with Gasteiger partial charge in [-0.15, -0.1) is 0 Å². The summed E-state index contributed by atoms with van der Waals surface area (Å²) >= 11 is 9.25. The number of halogens is 2. The van der Waals surface area contributed by atoms with Gasteiger partial charge in [0.1, 0.15) is 5.78 Å². The Balaban J connectivity index is 2.85. The average Bonchev–Trinajstić information content (AvgIpc) is 2.12. The lowest BCUT2D eigenvalue weighted by atomic mass is 10.2. The number of anilines is 1. The van der Waals surface area contributed by atoms with Crippen molar-refractivity contribution in [1.82, 2.24) is 0 Å². The SMILES string of the molecule is CC(=O)CC(=O)Nc1cc(Cl)c(C)cc1Br. The fraction of sp³-hybridized carbons (Fsp3) is 0.273. The summed E-state index contributed by atoms with van der Waals surface area (Å²) in [5.41, 5.74) is 1.49. The van der Waals surface area contributed by atoms with Crippen LogP contribution in [0.15, 0.2) is 16.6 Å². The van der Waals surface area contributed by atoms with E-state index in [1.165, 1.54) is 6.92 Å². The van der Waals surface area contributed by atoms with Gasteiger partial charge in [-0.1, -0.05) is 11.6 Å². The minimum absolute atomic E-state index is 0.127. The van der Waals surface area contributed by atoms with E-state index < -0.39 is 0 Å². The van der Waals surface area contributed by atoms with E-state index in [1.54, 1.807) is 6.07 Å². The molecule has 0 saturated heterocycles. The van der Waals surface area contributed by atoms with E-state index in [1.807, 2.05) is 13.0 Å². The van der Waals surface area contributed by atoms with Crippen LogP contribution < -0.4 is 5.32 Å². The molecule has 1 N–H and O–H groups in total. The van der Waals surface area contributed by atoms with Crippen molar-refractivity contribution in [3.63, 3.8) is 0 Å². The molecule has 0 aromatic heterocycles. The summed E-state index contributed by atoms with van der Waals surface area (Å²) in [4.78, 5) is 22.1. The fourth-order valence-corrected chi connectivity index (χ4v) is 1.88. The molecule has 1 aromatic carbocycles. The zero-order chi connectivity index (χ0) is 12.3. The number of carbonyl (C=O) groups excluding carboxylic acids is 2. The van der Waals surface area contributed by atoms with Gasteiger partial charge in [0.25, 0.3) is 0 Å². The van der Waals surface area contributed by atoms with Gasteiger partial charge in [0.15, 0.2) is 0 Å². The van der Waals surface area contributed by atoms with Crippen LogP contribution in [0.25, 0.3) is 0 Å². The highest BCUT2D eigenvalue weighted by Crippen LogP contribution is 2.29. The molecule has 1 rings (SSSR count). The number of amides is 1. The second-order valence-electron chi connectivity index (χ2n) is 3.51. The topological polar surface area (TPSA) is 46.2 Å². The molecule has 0 aliphatic heterocycles. The van der Waals surface area contributed by atoms with Crippen LogP contribution in [0, 0.1) is 6.92 Å². The van der Waals surface area contributed by atoms with Crippen molar-refractivity contribution in [1.29, 1.82) is 0 Å². The molecule has 16 heavy (non-hydrogen) atoms. The Labute approximate surface area is 107 Å². The molecule has 3 nitrogen and oxygen atoms in total. The fourth-order valence-electron chi connectivity index (χ4n) is 1.16.